The molecule has 1 fully saturated rings. The summed E-state index contributed by atoms with van der Waals surface area (Å²) in [5, 5.41) is 2.77. The molecule has 1 N–H and O–H groups in total. The molecule has 2 aliphatic rings. The molecule has 1 saturated heterocycles. The van der Waals surface area contributed by atoms with Gasteiger partial charge in [-0.25, -0.2) is 0 Å². The molecule has 3 rings (SSSR count). The van der Waals surface area contributed by atoms with Crippen molar-refractivity contribution >= 4 is 5.91 Å². The molecule has 35 heavy (non-hydrogen) atoms. The predicted octanol–water partition coefficient (Wildman–Crippen LogP) is 7.21. The molecule has 1 aliphatic carbocycles. The summed E-state index contributed by atoms with van der Waals surface area (Å²) >= 11 is 0. The number of amides is 1. The Morgan fingerprint density at radius 3 is 2.83 bits per heavy atom. The van der Waals surface area contributed by atoms with E-state index in [0.29, 0.717) is 23.9 Å². The van der Waals surface area contributed by atoms with Gasteiger partial charge >= 0.3 is 6.18 Å². The van der Waals surface area contributed by atoms with E-state index >= 15 is 0 Å². The highest BCUT2D eigenvalue weighted by Crippen LogP contribution is 2.31. The van der Waals surface area contributed by atoms with Crippen LogP contribution in [-0.2, 0) is 17.5 Å². The molecule has 3 nitrogen and oxygen atoms in total. The zero-order chi connectivity index (χ0) is 25.3. The van der Waals surface area contributed by atoms with Gasteiger partial charge in [0.2, 0.25) is 5.91 Å². The molecule has 192 valence electrons. The zero-order valence-electron chi connectivity index (χ0n) is 21.0. The van der Waals surface area contributed by atoms with Crippen molar-refractivity contribution in [1.29, 1.82) is 0 Å². The van der Waals surface area contributed by atoms with Gasteiger partial charge in [-0.05, 0) is 88.6 Å². The third-order valence-electron chi connectivity index (χ3n) is 7.22. The number of allylic oxidation sites excluding steroid dienone is 6. The molecule has 1 amide bonds. The van der Waals surface area contributed by atoms with Crippen LogP contribution in [0, 0.1) is 5.92 Å². The van der Waals surface area contributed by atoms with E-state index in [-0.39, 0.29) is 12.5 Å². The minimum atomic E-state index is -4.37. The number of benzene rings is 1. The van der Waals surface area contributed by atoms with Gasteiger partial charge < -0.3 is 10.2 Å². The molecule has 1 aromatic rings. The summed E-state index contributed by atoms with van der Waals surface area (Å²) in [7, 11) is 0. The van der Waals surface area contributed by atoms with Crippen molar-refractivity contribution in [2.24, 2.45) is 5.92 Å². The van der Waals surface area contributed by atoms with E-state index in [1.165, 1.54) is 30.9 Å². The maximum absolute atomic E-state index is 12.9. The fourth-order valence-corrected chi connectivity index (χ4v) is 5.25. The van der Waals surface area contributed by atoms with Gasteiger partial charge in [-0.3, -0.25) is 4.79 Å². The maximum atomic E-state index is 12.9. The van der Waals surface area contributed by atoms with Gasteiger partial charge in [0.25, 0.3) is 0 Å². The number of carbonyl (C=O) groups excluding carboxylic acids is 1. The molecule has 0 radical (unpaired) electrons. The van der Waals surface area contributed by atoms with Crippen LogP contribution < -0.4 is 5.32 Å². The fourth-order valence-electron chi connectivity index (χ4n) is 5.25. The van der Waals surface area contributed by atoms with Crippen LogP contribution in [0.5, 0.6) is 0 Å². The van der Waals surface area contributed by atoms with Gasteiger partial charge in [0.15, 0.2) is 0 Å². The molecule has 6 heteroatoms. The zero-order valence-corrected chi connectivity index (χ0v) is 21.0. The van der Waals surface area contributed by atoms with E-state index in [1.807, 2.05) is 0 Å². The quantitative estimate of drug-likeness (QED) is 0.398. The van der Waals surface area contributed by atoms with E-state index in [1.54, 1.807) is 11.6 Å². The van der Waals surface area contributed by atoms with E-state index in [2.05, 4.69) is 48.4 Å². The second kappa shape index (κ2) is 13.1. The third kappa shape index (κ3) is 8.68. The summed E-state index contributed by atoms with van der Waals surface area (Å²) in [5.74, 6) is 0.537. The predicted molar refractivity (Wildman–Crippen MR) is 136 cm³/mol. The van der Waals surface area contributed by atoms with Crippen molar-refractivity contribution in [3.63, 3.8) is 0 Å². The van der Waals surface area contributed by atoms with E-state index < -0.39 is 11.7 Å². The van der Waals surface area contributed by atoms with Gasteiger partial charge in [0.05, 0.1) is 5.56 Å². The molecule has 0 aromatic heterocycles. The normalized spacial score (nSPS) is 20.4. The van der Waals surface area contributed by atoms with Crippen molar-refractivity contribution < 1.29 is 18.0 Å². The fraction of sp³-hybridized carbons (Fsp3) is 0.552. The number of hydrogen-bond acceptors (Lipinski definition) is 2. The molecule has 1 unspecified atom stereocenters. The van der Waals surface area contributed by atoms with Gasteiger partial charge in [0.1, 0.15) is 0 Å². The molecule has 0 saturated carbocycles. The number of rotatable bonds is 9. The minimum Gasteiger partial charge on any atom is -0.352 e. The van der Waals surface area contributed by atoms with E-state index in [4.69, 9.17) is 0 Å². The second-order valence-corrected chi connectivity index (χ2v) is 9.86. The van der Waals surface area contributed by atoms with Crippen LogP contribution in [0.4, 0.5) is 13.2 Å². The molecule has 1 aliphatic heterocycles. The number of alkyl halides is 3. The van der Waals surface area contributed by atoms with Crippen LogP contribution in [0.3, 0.4) is 0 Å². The van der Waals surface area contributed by atoms with Crippen LogP contribution in [-0.4, -0.2) is 29.9 Å². The van der Waals surface area contributed by atoms with E-state index in [0.717, 1.165) is 50.9 Å². The summed E-state index contributed by atoms with van der Waals surface area (Å²) in [6.45, 7) is 6.70. The lowest BCUT2D eigenvalue weighted by Crippen LogP contribution is -2.36. The number of halogens is 3. The average molecular weight is 489 g/mol. The summed E-state index contributed by atoms with van der Waals surface area (Å²) in [5.41, 5.74) is 2.66. The van der Waals surface area contributed by atoms with Crippen molar-refractivity contribution in [3.05, 3.63) is 70.8 Å². The standard InChI is InChI=1S/C29H39F3N2O/c1-3-27(34-17-8-12-24(16-18-34)25-11-5-4-9-22(2)19-25)14-7-15-28(35)33-21-23-10-6-13-26(20-23)29(30,31)32/h4-6,9-10,13,19-20,24,27H,3,7-8,11-12,14-18,21H2,1-2H3,(H,33,35)/t24?,27-/m0/s1. The summed E-state index contributed by atoms with van der Waals surface area (Å²) in [6.07, 6.45) is 12.5. The van der Waals surface area contributed by atoms with Crippen molar-refractivity contribution in [1.82, 2.24) is 10.2 Å². The largest absolute Gasteiger partial charge is 0.416 e. The third-order valence-corrected chi connectivity index (χ3v) is 7.22. The number of nitrogens with zero attached hydrogens (tertiary/aromatic N) is 1. The highest BCUT2D eigenvalue weighted by molar-refractivity contribution is 5.75. The van der Waals surface area contributed by atoms with Gasteiger partial charge in [-0.15, -0.1) is 0 Å². The molecule has 1 heterocycles. The van der Waals surface area contributed by atoms with Crippen molar-refractivity contribution in [2.45, 2.75) is 84.0 Å². The van der Waals surface area contributed by atoms with Crippen LogP contribution in [0.25, 0.3) is 0 Å². The first-order valence-corrected chi connectivity index (χ1v) is 13.0. The molecular weight excluding hydrogens is 449 g/mol. The van der Waals surface area contributed by atoms with E-state index in [9.17, 15) is 18.0 Å². The molecule has 2 atom stereocenters. The smallest absolute Gasteiger partial charge is 0.352 e. The van der Waals surface area contributed by atoms with Crippen LogP contribution in [0.1, 0.15) is 76.3 Å². The molecule has 0 spiro atoms. The van der Waals surface area contributed by atoms with Gasteiger partial charge in [-0.1, -0.05) is 54.5 Å². The Morgan fingerprint density at radius 2 is 2.06 bits per heavy atom. The average Bonchev–Trinajstić information content (AvgIpc) is 3.20. The van der Waals surface area contributed by atoms with Gasteiger partial charge in [-0.2, -0.15) is 13.2 Å². The van der Waals surface area contributed by atoms with Crippen LogP contribution >= 0.6 is 0 Å². The lowest BCUT2D eigenvalue weighted by atomic mass is 9.89. The van der Waals surface area contributed by atoms with Crippen LogP contribution in [0.15, 0.2) is 59.7 Å². The minimum absolute atomic E-state index is 0.107. The first kappa shape index (κ1) is 27.3. The number of likely N-dealkylation sites (tertiary alicyclic amines) is 1. The number of nitrogens with one attached hydrogen (secondary N) is 1. The summed E-state index contributed by atoms with van der Waals surface area (Å²) in [4.78, 5) is 14.9. The molecular formula is C29H39F3N2O. The highest BCUT2D eigenvalue weighted by atomic mass is 19.4. The number of hydrogen-bond donors (Lipinski definition) is 1. The highest BCUT2D eigenvalue weighted by Gasteiger charge is 2.30. The summed E-state index contributed by atoms with van der Waals surface area (Å²) in [6, 6.07) is 5.59. The SMILES string of the molecule is CC[C@@H](CCCC(=O)NCc1cccc(C(F)(F)F)c1)N1CCCC(C2=CC(C)=CC=CC2)CC1. The topological polar surface area (TPSA) is 32.3 Å². The Balaban J connectivity index is 1.42. The lowest BCUT2D eigenvalue weighted by Gasteiger charge is -2.30. The molecule has 1 aromatic carbocycles. The van der Waals surface area contributed by atoms with Crippen LogP contribution in [0.2, 0.25) is 0 Å². The lowest BCUT2D eigenvalue weighted by molar-refractivity contribution is -0.137. The molecule has 0 bridgehead atoms. The Labute approximate surface area is 208 Å². The monoisotopic (exact) mass is 488 g/mol. The Kier molecular flexibility index (Phi) is 10.2. The van der Waals surface area contributed by atoms with Crippen molar-refractivity contribution in [2.75, 3.05) is 13.1 Å². The first-order chi connectivity index (χ1) is 16.8. The second-order valence-electron chi connectivity index (χ2n) is 9.86. The maximum Gasteiger partial charge on any atom is 0.416 e. The first-order valence-electron chi connectivity index (χ1n) is 13.0. The van der Waals surface area contributed by atoms with Crippen molar-refractivity contribution in [3.8, 4) is 0 Å². The number of carbonyl (C=O) groups is 1. The Hall–Kier alpha value is -2.34. The Bertz CT molecular complexity index is 932. The summed E-state index contributed by atoms with van der Waals surface area (Å²) < 4.78 is 38.6. The van der Waals surface area contributed by atoms with Gasteiger partial charge in [0, 0.05) is 19.0 Å². The Morgan fingerprint density at radius 1 is 1.23 bits per heavy atom.